The number of unbranched alkanes of at least 4 members (excludes halogenated alkanes) is 23. The van der Waals surface area contributed by atoms with Crippen LogP contribution in [0.15, 0.2) is 0 Å². The quantitative estimate of drug-likeness (QED) is 0.0368. The number of aliphatic hydroxyl groups excluding tert-OH is 1. The molecule has 9 nitrogen and oxygen atoms in total. The van der Waals surface area contributed by atoms with E-state index in [1.54, 1.807) is 0 Å². The molecule has 0 aliphatic rings. The smallest absolute Gasteiger partial charge is 0.409 e. The number of hydrogen-bond acceptors (Lipinski definition) is 8. The summed E-state index contributed by atoms with van der Waals surface area (Å²) in [6, 6.07) is 0. The largest absolute Gasteiger partial charge is 0.466 e. The normalized spacial score (nSPS) is 11.6. The number of carbonyl (C=O) groups is 2. The summed E-state index contributed by atoms with van der Waals surface area (Å²) in [5, 5.41) is 9.33. The summed E-state index contributed by atoms with van der Waals surface area (Å²) in [7, 11) is 0. The molecular formula is C49H98N2O7. The van der Waals surface area contributed by atoms with Gasteiger partial charge in [-0.3, -0.25) is 4.79 Å². The molecule has 0 saturated carbocycles. The zero-order valence-corrected chi connectivity index (χ0v) is 39.1. The first-order valence-corrected chi connectivity index (χ1v) is 25.2. The zero-order chi connectivity index (χ0) is 42.4. The van der Waals surface area contributed by atoms with Crippen LogP contribution in [0.2, 0.25) is 0 Å². The molecule has 1 N–H and O–H groups in total. The first-order chi connectivity index (χ1) is 28.5. The molecule has 0 fully saturated rings. The molecular weight excluding hydrogens is 729 g/mol. The fourth-order valence-electron chi connectivity index (χ4n) is 7.27. The number of esters is 1. The fraction of sp³-hybridized carbons (Fsp3) is 0.959. The summed E-state index contributed by atoms with van der Waals surface area (Å²) in [6.07, 6.45) is 34.9. The van der Waals surface area contributed by atoms with Crippen molar-refractivity contribution in [2.75, 3.05) is 65.8 Å². The van der Waals surface area contributed by atoms with Crippen LogP contribution in [0.3, 0.4) is 0 Å². The predicted molar refractivity (Wildman–Crippen MR) is 244 cm³/mol. The topological polar surface area (TPSA) is 97.8 Å². The molecule has 9 heteroatoms. The summed E-state index contributed by atoms with van der Waals surface area (Å²) < 4.78 is 23.6. The van der Waals surface area contributed by atoms with Crippen LogP contribution in [0.1, 0.15) is 233 Å². The van der Waals surface area contributed by atoms with E-state index in [-0.39, 0.29) is 25.0 Å². The second-order valence-corrected chi connectivity index (χ2v) is 16.8. The number of aliphatic hydroxyl groups is 1. The third kappa shape index (κ3) is 40.0. The number of carbonyl (C=O) groups excluding carboxylic acids is 2. The Morgan fingerprint density at radius 1 is 0.431 bits per heavy atom. The maximum atomic E-state index is 12.9. The molecule has 0 saturated heterocycles. The van der Waals surface area contributed by atoms with Crippen LogP contribution in [-0.2, 0) is 23.7 Å². The van der Waals surface area contributed by atoms with E-state index >= 15 is 0 Å². The third-order valence-corrected chi connectivity index (χ3v) is 11.1. The minimum Gasteiger partial charge on any atom is -0.466 e. The average molecular weight is 827 g/mol. The molecule has 0 aromatic heterocycles. The maximum absolute atomic E-state index is 12.9. The number of ether oxygens (including phenoxy) is 4. The fourth-order valence-corrected chi connectivity index (χ4v) is 7.27. The van der Waals surface area contributed by atoms with Gasteiger partial charge >= 0.3 is 12.1 Å². The van der Waals surface area contributed by atoms with Gasteiger partial charge in [0.05, 0.1) is 19.6 Å². The van der Waals surface area contributed by atoms with Gasteiger partial charge in [-0.15, -0.1) is 0 Å². The Hall–Kier alpha value is -1.42. The zero-order valence-electron chi connectivity index (χ0n) is 39.1. The number of hydrogen-bond donors (Lipinski definition) is 1. The maximum Gasteiger partial charge on any atom is 0.409 e. The van der Waals surface area contributed by atoms with Crippen molar-refractivity contribution >= 4 is 12.1 Å². The minimum absolute atomic E-state index is 0.129. The molecule has 346 valence electrons. The van der Waals surface area contributed by atoms with Gasteiger partial charge in [0.2, 0.25) is 0 Å². The van der Waals surface area contributed by atoms with Crippen LogP contribution in [0.5, 0.6) is 0 Å². The molecule has 0 aliphatic heterocycles. The lowest BCUT2D eigenvalue weighted by Gasteiger charge is -2.23. The van der Waals surface area contributed by atoms with Crippen molar-refractivity contribution < 1.29 is 33.6 Å². The molecule has 1 amide bonds. The Labute approximate surface area is 359 Å². The van der Waals surface area contributed by atoms with Crippen LogP contribution >= 0.6 is 0 Å². The molecule has 0 unspecified atom stereocenters. The van der Waals surface area contributed by atoms with Crippen LogP contribution in [-0.4, -0.2) is 99.0 Å². The highest BCUT2D eigenvalue weighted by molar-refractivity contribution is 5.69. The summed E-state index contributed by atoms with van der Waals surface area (Å²) in [4.78, 5) is 30.0. The first-order valence-electron chi connectivity index (χ1n) is 25.2. The van der Waals surface area contributed by atoms with E-state index in [4.69, 9.17) is 18.9 Å². The molecule has 0 radical (unpaired) electrons. The van der Waals surface area contributed by atoms with Crippen molar-refractivity contribution in [3.05, 3.63) is 0 Å². The van der Waals surface area contributed by atoms with Crippen molar-refractivity contribution in [3.63, 3.8) is 0 Å². The van der Waals surface area contributed by atoms with Gasteiger partial charge < -0.3 is 33.9 Å². The van der Waals surface area contributed by atoms with Crippen LogP contribution in [0, 0.1) is 0 Å². The Bertz CT molecular complexity index is 830. The van der Waals surface area contributed by atoms with E-state index in [0.29, 0.717) is 39.3 Å². The number of amides is 1. The standard InChI is InChI=1S/C49H98N2O7/c1-5-9-13-17-20-27-41-51(40-26-16-12-8-4)49(54)58-46-33-24-21-25-37-50(38-28-30-42-52)39-29-34-43-55-47(53)35-36-48(56-44-31-22-18-14-10-6-2)57-45-32-23-19-15-11-7-3/h48,52H,5-46H2,1-4H3. The van der Waals surface area contributed by atoms with Crippen LogP contribution in [0.25, 0.3) is 0 Å². The van der Waals surface area contributed by atoms with Gasteiger partial charge in [-0.25, -0.2) is 4.79 Å². The van der Waals surface area contributed by atoms with Gasteiger partial charge in [-0.1, -0.05) is 156 Å². The highest BCUT2D eigenvalue weighted by Crippen LogP contribution is 2.14. The predicted octanol–water partition coefficient (Wildman–Crippen LogP) is 13.2. The molecule has 0 spiro atoms. The van der Waals surface area contributed by atoms with E-state index in [1.165, 1.54) is 116 Å². The molecule has 0 heterocycles. The van der Waals surface area contributed by atoms with Crippen molar-refractivity contribution in [1.82, 2.24) is 9.80 Å². The summed E-state index contributed by atoms with van der Waals surface area (Å²) >= 11 is 0. The lowest BCUT2D eigenvalue weighted by molar-refractivity contribution is -0.159. The Kier molecular flexibility index (Phi) is 45.5. The van der Waals surface area contributed by atoms with E-state index in [9.17, 15) is 14.7 Å². The molecule has 0 aromatic carbocycles. The second-order valence-electron chi connectivity index (χ2n) is 16.8. The number of nitrogens with zero attached hydrogens (tertiary/aromatic N) is 2. The average Bonchev–Trinajstić information content (AvgIpc) is 3.22. The second kappa shape index (κ2) is 46.6. The highest BCUT2D eigenvalue weighted by atomic mass is 16.7. The molecule has 0 rings (SSSR count). The van der Waals surface area contributed by atoms with Gasteiger partial charge in [0.15, 0.2) is 6.29 Å². The summed E-state index contributed by atoms with van der Waals surface area (Å²) in [5.74, 6) is -0.167. The minimum atomic E-state index is -0.337. The Morgan fingerprint density at radius 3 is 1.29 bits per heavy atom. The lowest BCUT2D eigenvalue weighted by atomic mass is 10.1. The van der Waals surface area contributed by atoms with Crippen molar-refractivity contribution in [2.45, 2.75) is 239 Å². The molecule has 0 aromatic rings. The molecule has 58 heavy (non-hydrogen) atoms. The van der Waals surface area contributed by atoms with Gasteiger partial charge in [0.25, 0.3) is 0 Å². The third-order valence-electron chi connectivity index (χ3n) is 11.1. The Balaban J connectivity index is 4.44. The summed E-state index contributed by atoms with van der Waals surface area (Å²) in [6.45, 7) is 16.1. The Morgan fingerprint density at radius 2 is 0.793 bits per heavy atom. The van der Waals surface area contributed by atoms with Crippen LogP contribution in [0.4, 0.5) is 4.79 Å². The molecule has 0 atom stereocenters. The lowest BCUT2D eigenvalue weighted by Crippen LogP contribution is -2.33. The summed E-state index contributed by atoms with van der Waals surface area (Å²) in [5.41, 5.74) is 0. The van der Waals surface area contributed by atoms with Gasteiger partial charge in [-0.2, -0.15) is 0 Å². The molecule has 0 aliphatic carbocycles. The first kappa shape index (κ1) is 56.6. The van der Waals surface area contributed by atoms with Gasteiger partial charge in [0.1, 0.15) is 0 Å². The van der Waals surface area contributed by atoms with Crippen molar-refractivity contribution in [3.8, 4) is 0 Å². The van der Waals surface area contributed by atoms with Gasteiger partial charge in [0, 0.05) is 39.3 Å². The van der Waals surface area contributed by atoms with Crippen molar-refractivity contribution in [2.24, 2.45) is 0 Å². The number of rotatable bonds is 47. The molecule has 0 bridgehead atoms. The SMILES string of the molecule is CCCCCCCCOC(CCC(=O)OCCCCN(CCCCO)CCCCCCOC(=O)N(CCCCCC)CCCCCCCC)OCCCCCCCC. The van der Waals surface area contributed by atoms with E-state index in [2.05, 4.69) is 32.6 Å². The van der Waals surface area contributed by atoms with E-state index in [1.807, 2.05) is 4.90 Å². The van der Waals surface area contributed by atoms with Crippen molar-refractivity contribution in [1.29, 1.82) is 0 Å². The van der Waals surface area contributed by atoms with E-state index < -0.39 is 0 Å². The van der Waals surface area contributed by atoms with Gasteiger partial charge in [-0.05, 0) is 83.8 Å². The van der Waals surface area contributed by atoms with Crippen LogP contribution < -0.4 is 0 Å². The monoisotopic (exact) mass is 827 g/mol. The van der Waals surface area contributed by atoms with E-state index in [0.717, 1.165) is 110 Å². The highest BCUT2D eigenvalue weighted by Gasteiger charge is 2.15.